The number of hydrogen-bond acceptors (Lipinski definition) is 3. The maximum atomic E-state index is 12.0. The number of alkyl halides is 3. The van der Waals surface area contributed by atoms with E-state index in [-0.39, 0.29) is 24.7 Å². The first-order chi connectivity index (χ1) is 12.3. The van der Waals surface area contributed by atoms with Crippen molar-refractivity contribution in [1.29, 1.82) is 0 Å². The summed E-state index contributed by atoms with van der Waals surface area (Å²) < 4.78 is 40.6. The average Bonchev–Trinajstić information content (AvgIpc) is 2.59. The highest BCUT2D eigenvalue weighted by Gasteiger charge is 2.27. The van der Waals surface area contributed by atoms with Crippen molar-refractivity contribution in [2.75, 3.05) is 6.61 Å². The van der Waals surface area contributed by atoms with Gasteiger partial charge < -0.3 is 15.2 Å². The lowest BCUT2D eigenvalue weighted by atomic mass is 10.1. The largest absolute Gasteiger partial charge is 0.508 e. The van der Waals surface area contributed by atoms with Crippen LogP contribution in [0.15, 0.2) is 48.5 Å². The Bertz CT molecular complexity index is 715. The number of nitrogens with one attached hydrogen (secondary N) is 1. The van der Waals surface area contributed by atoms with Gasteiger partial charge in [-0.15, -0.1) is 0 Å². The highest BCUT2D eigenvalue weighted by atomic mass is 19.4. The maximum absolute atomic E-state index is 12.0. The van der Waals surface area contributed by atoms with Crippen LogP contribution in [0.3, 0.4) is 0 Å². The molecule has 1 amide bonds. The Labute approximate surface area is 149 Å². The van der Waals surface area contributed by atoms with Gasteiger partial charge in [0.1, 0.15) is 12.4 Å². The molecule has 2 rings (SSSR count). The van der Waals surface area contributed by atoms with Crippen LogP contribution in [0.1, 0.15) is 23.1 Å². The van der Waals surface area contributed by atoms with Crippen LogP contribution in [-0.4, -0.2) is 23.8 Å². The van der Waals surface area contributed by atoms with Gasteiger partial charge in [-0.1, -0.05) is 42.5 Å². The van der Waals surface area contributed by atoms with Crippen molar-refractivity contribution in [1.82, 2.24) is 5.32 Å². The number of aromatic hydroxyl groups is 1. The van der Waals surface area contributed by atoms with Gasteiger partial charge in [0.05, 0.1) is 6.61 Å². The number of halogens is 3. The molecule has 26 heavy (non-hydrogen) atoms. The van der Waals surface area contributed by atoms with Crippen LogP contribution in [0.25, 0.3) is 0 Å². The molecule has 4 nitrogen and oxygen atoms in total. The van der Waals surface area contributed by atoms with Crippen LogP contribution in [-0.2, 0) is 29.1 Å². The van der Waals surface area contributed by atoms with Crippen molar-refractivity contribution in [2.45, 2.75) is 32.2 Å². The van der Waals surface area contributed by atoms with E-state index < -0.39 is 12.8 Å². The van der Waals surface area contributed by atoms with Crippen LogP contribution in [0, 0.1) is 0 Å². The maximum Gasteiger partial charge on any atom is 0.411 e. The Hall–Kier alpha value is -2.54. The number of carbonyl (C=O) groups excluding carboxylic acids is 1. The molecule has 140 valence electrons. The molecule has 0 heterocycles. The van der Waals surface area contributed by atoms with E-state index in [1.165, 1.54) is 0 Å². The molecular weight excluding hydrogens is 347 g/mol. The van der Waals surface area contributed by atoms with E-state index in [0.717, 1.165) is 5.56 Å². The molecule has 7 heteroatoms. The molecule has 0 radical (unpaired) electrons. The third kappa shape index (κ3) is 7.14. The Kier molecular flexibility index (Phi) is 7.03. The van der Waals surface area contributed by atoms with Crippen LogP contribution in [0.5, 0.6) is 5.75 Å². The quantitative estimate of drug-likeness (QED) is 0.748. The highest BCUT2D eigenvalue weighted by molar-refractivity contribution is 5.76. The molecule has 0 spiro atoms. The summed E-state index contributed by atoms with van der Waals surface area (Å²) in [7, 11) is 0. The second-order valence-electron chi connectivity index (χ2n) is 5.83. The number of benzene rings is 2. The SMILES string of the molecule is O=C(CCc1ccccc1O)NCc1ccc(COCC(F)(F)F)cc1. The molecule has 0 aliphatic rings. The smallest absolute Gasteiger partial charge is 0.411 e. The summed E-state index contributed by atoms with van der Waals surface area (Å²) in [5, 5.41) is 12.4. The summed E-state index contributed by atoms with van der Waals surface area (Å²) in [6.45, 7) is -1.07. The van der Waals surface area contributed by atoms with E-state index >= 15 is 0 Å². The summed E-state index contributed by atoms with van der Waals surface area (Å²) in [6, 6.07) is 13.7. The second-order valence-corrected chi connectivity index (χ2v) is 5.83. The number of carbonyl (C=O) groups is 1. The van der Waals surface area contributed by atoms with Gasteiger partial charge in [0, 0.05) is 13.0 Å². The van der Waals surface area contributed by atoms with E-state index in [1.807, 2.05) is 0 Å². The topological polar surface area (TPSA) is 58.6 Å². The summed E-state index contributed by atoms with van der Waals surface area (Å²) in [5.41, 5.74) is 2.18. The zero-order valence-corrected chi connectivity index (χ0v) is 14.1. The molecule has 0 saturated carbocycles. The molecule has 2 N–H and O–H groups in total. The van der Waals surface area contributed by atoms with Crippen molar-refractivity contribution in [3.8, 4) is 5.75 Å². The zero-order valence-electron chi connectivity index (χ0n) is 14.1. The van der Waals surface area contributed by atoms with Crippen molar-refractivity contribution in [2.24, 2.45) is 0 Å². The van der Waals surface area contributed by atoms with Gasteiger partial charge in [-0.3, -0.25) is 4.79 Å². The third-order valence-electron chi connectivity index (χ3n) is 3.66. The number of phenolic OH excluding ortho intramolecular Hbond substituents is 1. The van der Waals surface area contributed by atoms with Crippen molar-refractivity contribution >= 4 is 5.91 Å². The van der Waals surface area contributed by atoms with Crippen LogP contribution < -0.4 is 5.32 Å². The van der Waals surface area contributed by atoms with Crippen LogP contribution >= 0.6 is 0 Å². The fourth-order valence-corrected chi connectivity index (χ4v) is 2.30. The van der Waals surface area contributed by atoms with Crippen molar-refractivity contribution in [3.63, 3.8) is 0 Å². The summed E-state index contributed by atoms with van der Waals surface area (Å²) in [5.74, 6) is 0.0227. The first-order valence-corrected chi connectivity index (χ1v) is 8.09. The van der Waals surface area contributed by atoms with Gasteiger partial charge in [0.25, 0.3) is 0 Å². The Balaban J connectivity index is 1.72. The lowest BCUT2D eigenvalue weighted by Gasteiger charge is -2.09. The van der Waals surface area contributed by atoms with Gasteiger partial charge in [-0.2, -0.15) is 13.2 Å². The molecule has 2 aromatic carbocycles. The minimum absolute atomic E-state index is 0.118. The number of amides is 1. The molecule has 0 saturated heterocycles. The van der Waals surface area contributed by atoms with Crippen molar-refractivity contribution in [3.05, 3.63) is 65.2 Å². The summed E-state index contributed by atoms with van der Waals surface area (Å²) >= 11 is 0. The number of para-hydroxylation sites is 1. The number of hydrogen-bond donors (Lipinski definition) is 2. The van der Waals surface area contributed by atoms with Gasteiger partial charge >= 0.3 is 6.18 Å². The second kappa shape index (κ2) is 9.24. The van der Waals surface area contributed by atoms with E-state index in [0.29, 0.717) is 24.1 Å². The van der Waals surface area contributed by atoms with Gasteiger partial charge in [-0.25, -0.2) is 0 Å². The number of rotatable bonds is 8. The predicted octanol–water partition coefficient (Wildman–Crippen LogP) is 3.72. The first kappa shape index (κ1) is 19.8. The van der Waals surface area contributed by atoms with E-state index in [1.54, 1.807) is 48.5 Å². The molecule has 2 aromatic rings. The molecule has 0 fully saturated rings. The van der Waals surface area contributed by atoms with Gasteiger partial charge in [0.15, 0.2) is 0 Å². The van der Waals surface area contributed by atoms with E-state index in [4.69, 9.17) is 0 Å². The van der Waals surface area contributed by atoms with E-state index in [9.17, 15) is 23.1 Å². The minimum atomic E-state index is -4.33. The molecule has 0 unspecified atom stereocenters. The number of aryl methyl sites for hydroxylation is 1. The zero-order chi connectivity index (χ0) is 19.0. The van der Waals surface area contributed by atoms with Gasteiger partial charge in [0.2, 0.25) is 5.91 Å². The standard InChI is InChI=1S/C19H20F3NO3/c20-19(21,22)13-26-12-15-7-5-14(6-8-15)11-23-18(25)10-9-16-3-1-2-4-17(16)24/h1-8,24H,9-13H2,(H,23,25). The monoisotopic (exact) mass is 367 g/mol. The molecule has 0 aromatic heterocycles. The Morgan fingerprint density at radius 3 is 2.35 bits per heavy atom. The Morgan fingerprint density at radius 1 is 1.04 bits per heavy atom. The highest BCUT2D eigenvalue weighted by Crippen LogP contribution is 2.17. The third-order valence-corrected chi connectivity index (χ3v) is 3.66. The van der Waals surface area contributed by atoms with Crippen LogP contribution in [0.2, 0.25) is 0 Å². The molecular formula is C19H20F3NO3. The lowest BCUT2D eigenvalue weighted by molar-refractivity contribution is -0.176. The fourth-order valence-electron chi connectivity index (χ4n) is 2.30. The summed E-state index contributed by atoms with van der Waals surface area (Å²) in [6.07, 6.45) is -3.64. The minimum Gasteiger partial charge on any atom is -0.508 e. The Morgan fingerprint density at radius 2 is 1.69 bits per heavy atom. The van der Waals surface area contributed by atoms with Crippen LogP contribution in [0.4, 0.5) is 13.2 Å². The molecule has 0 aliphatic carbocycles. The molecule has 0 bridgehead atoms. The van der Waals surface area contributed by atoms with Gasteiger partial charge in [-0.05, 0) is 29.2 Å². The van der Waals surface area contributed by atoms with E-state index in [2.05, 4.69) is 10.1 Å². The molecule has 0 aliphatic heterocycles. The van der Waals surface area contributed by atoms with Crippen molar-refractivity contribution < 1.29 is 27.8 Å². The number of phenols is 1. The lowest BCUT2D eigenvalue weighted by Crippen LogP contribution is -2.23. The normalized spacial score (nSPS) is 11.3. The average molecular weight is 367 g/mol. The predicted molar refractivity (Wildman–Crippen MR) is 90.4 cm³/mol. The first-order valence-electron chi connectivity index (χ1n) is 8.09. The number of ether oxygens (including phenoxy) is 1. The molecule has 0 atom stereocenters. The fraction of sp³-hybridized carbons (Fsp3) is 0.316. The summed E-state index contributed by atoms with van der Waals surface area (Å²) in [4.78, 5) is 11.9.